The molecule has 0 fully saturated rings. The Morgan fingerprint density at radius 2 is 0.725 bits per heavy atom. The van der Waals surface area contributed by atoms with Gasteiger partial charge in [-0.3, -0.25) is 86.3 Å². The number of rotatable bonds is 39. The molecule has 0 bridgehead atoms. The van der Waals surface area contributed by atoms with Gasteiger partial charge in [0.25, 0.3) is 0 Å². The fraction of sp³-hybridized carbons (Fsp3) is 0.333. The molecule has 36 heteroatoms. The molecule has 540 valence electrons. The average molecular weight is 1420 g/mol. The van der Waals surface area contributed by atoms with Crippen molar-refractivity contribution >= 4 is 112 Å². The second kappa shape index (κ2) is 39.3. The molecule has 1 heterocycles. The number of fused-ring (bicyclic) bond motifs is 2. The number of hydrogen-bond donors (Lipinski definition) is 17. The number of amides is 13. The van der Waals surface area contributed by atoms with Crippen LogP contribution in [0.25, 0.3) is 0 Å². The third kappa shape index (κ3) is 27.1. The van der Waals surface area contributed by atoms with E-state index < -0.39 is 220 Å². The number of aliphatic carboxylic acids is 5. The lowest BCUT2D eigenvalue weighted by Crippen LogP contribution is -2.60. The lowest BCUT2D eigenvalue weighted by Gasteiger charge is -2.27. The maximum absolute atomic E-state index is 14.1. The van der Waals surface area contributed by atoms with Gasteiger partial charge in [0.2, 0.25) is 76.8 Å². The summed E-state index contributed by atoms with van der Waals surface area (Å²) < 4.78 is 0. The molecule has 0 radical (unpaired) electrons. The van der Waals surface area contributed by atoms with Gasteiger partial charge >= 0.3 is 29.8 Å². The number of primary amides is 1. The van der Waals surface area contributed by atoms with Crippen LogP contribution >= 0.6 is 0 Å². The molecule has 8 atom stereocenters. The van der Waals surface area contributed by atoms with Gasteiger partial charge in [-0.2, -0.15) is 0 Å². The van der Waals surface area contributed by atoms with E-state index in [0.29, 0.717) is 33.5 Å². The molecule has 36 nitrogen and oxygen atoms in total. The van der Waals surface area contributed by atoms with Gasteiger partial charge in [-0.05, 0) is 41.8 Å². The maximum Gasteiger partial charge on any atom is 0.305 e. The Morgan fingerprint density at radius 1 is 0.382 bits per heavy atom. The summed E-state index contributed by atoms with van der Waals surface area (Å²) in [5.74, 6) is -17.5. The first-order valence-electron chi connectivity index (χ1n) is 31.0. The monoisotopic (exact) mass is 1420 g/mol. The second-order valence-corrected chi connectivity index (χ2v) is 22.7. The number of benzene rings is 4. The van der Waals surface area contributed by atoms with Crippen LogP contribution in [0.4, 0.5) is 5.69 Å². The van der Waals surface area contributed by atoms with Crippen molar-refractivity contribution in [3.8, 4) is 11.8 Å². The number of anilines is 1. The number of hydrogen-bond acceptors (Lipinski definition) is 18. The Hall–Kier alpha value is -13.1. The van der Waals surface area contributed by atoms with Gasteiger partial charge in [-0.15, -0.1) is 0 Å². The van der Waals surface area contributed by atoms with Crippen LogP contribution in [-0.2, 0) is 106 Å². The van der Waals surface area contributed by atoms with Crippen molar-refractivity contribution < 1.29 is 112 Å². The van der Waals surface area contributed by atoms with Crippen LogP contribution in [0.3, 0.4) is 0 Å². The SMILES string of the molecule is CC(NC(=O)C(Cc1ccccc1)NC(=O)C(Cc1ccccc1)NC(=O)C(CC(=O)O)NC(=O)C(CC(=O)O)NC(=O)C(CC(=O)O)NC(=O)CNC(=O)CNC(=O)CNC(=O)C(CC(=O)O)NC(=O)C(CC(=O)O)NC(=O)CCC(=O)N1Cc2ccccc2C#Cc2ccccc21)C(N)=O. The molecule has 4 aromatic rings. The number of carboxylic acids is 5. The van der Waals surface area contributed by atoms with Crippen molar-refractivity contribution in [1.82, 2.24) is 58.5 Å². The third-order valence-electron chi connectivity index (χ3n) is 14.8. The predicted octanol–water partition coefficient (Wildman–Crippen LogP) is -4.70. The smallest absolute Gasteiger partial charge is 0.305 e. The van der Waals surface area contributed by atoms with E-state index in [4.69, 9.17) is 5.73 Å². The normalized spacial score (nSPS) is 13.4. The summed E-state index contributed by atoms with van der Waals surface area (Å²) in [5, 5.41) is 71.7. The molecule has 0 aliphatic carbocycles. The first-order valence-corrected chi connectivity index (χ1v) is 31.0. The van der Waals surface area contributed by atoms with Gasteiger partial charge in [-0.1, -0.05) is 103 Å². The molecule has 1 aliphatic rings. The van der Waals surface area contributed by atoms with Gasteiger partial charge in [-0.25, -0.2) is 0 Å². The number of nitrogens with two attached hydrogens (primary N) is 1. The number of carboxylic acid groups (broad SMARTS) is 5. The summed E-state index contributed by atoms with van der Waals surface area (Å²) in [5.41, 5.74) is 8.65. The van der Waals surface area contributed by atoms with Crippen LogP contribution in [0.2, 0.25) is 0 Å². The summed E-state index contributed by atoms with van der Waals surface area (Å²) in [6.07, 6.45) is -7.51. The zero-order valence-electron chi connectivity index (χ0n) is 54.3. The van der Waals surface area contributed by atoms with E-state index in [9.17, 15) is 112 Å². The number of nitrogens with one attached hydrogen (secondary N) is 11. The average Bonchev–Trinajstić information content (AvgIpc) is 0.809. The Kier molecular flexibility index (Phi) is 30.7. The van der Waals surface area contributed by atoms with Crippen molar-refractivity contribution in [2.24, 2.45) is 5.73 Å². The largest absolute Gasteiger partial charge is 0.481 e. The fourth-order valence-electron chi connectivity index (χ4n) is 9.63. The fourth-order valence-corrected chi connectivity index (χ4v) is 9.63. The van der Waals surface area contributed by atoms with Crippen molar-refractivity contribution in [3.05, 3.63) is 137 Å². The molecule has 0 saturated carbocycles. The predicted molar refractivity (Wildman–Crippen MR) is 350 cm³/mol. The number of nitrogens with zero attached hydrogens (tertiary/aromatic N) is 1. The highest BCUT2D eigenvalue weighted by atomic mass is 16.4. The molecule has 8 unspecified atom stereocenters. The van der Waals surface area contributed by atoms with Gasteiger partial charge in [0.1, 0.15) is 48.3 Å². The van der Waals surface area contributed by atoms with Crippen LogP contribution < -0.4 is 69.1 Å². The molecule has 4 aromatic carbocycles. The number of carbonyl (C=O) groups excluding carboxylic acids is 13. The van der Waals surface area contributed by atoms with Gasteiger partial charge in [0, 0.05) is 36.8 Å². The minimum absolute atomic E-state index is 0.0811. The van der Waals surface area contributed by atoms with Crippen molar-refractivity contribution in [2.45, 2.75) is 120 Å². The first-order chi connectivity index (χ1) is 48.3. The molecule has 18 N–H and O–H groups in total. The zero-order valence-corrected chi connectivity index (χ0v) is 54.3. The molecule has 102 heavy (non-hydrogen) atoms. The van der Waals surface area contributed by atoms with Crippen molar-refractivity contribution in [2.75, 3.05) is 24.5 Å². The summed E-state index contributed by atoms with van der Waals surface area (Å²) in [4.78, 5) is 234. The topological polar surface area (TPSA) is 570 Å². The third-order valence-corrected chi connectivity index (χ3v) is 14.8. The van der Waals surface area contributed by atoms with E-state index in [1.54, 1.807) is 109 Å². The standard InChI is InChI=1S/C66H73N13O23/c1-35(59(67)95)71-61(97)41(24-36-12-4-2-5-13-36)74-62(98)42(25-37-14-6-3-7-15-37)75-65(101)46(29-57(91)92)78-66(102)47(30-58(93)94)77-64(100)45(28-56(89)90)73-52(83)33-69-50(81)31-68-51(82)32-70-60(96)43(26-54(85)86)76-63(99)44(27-55(87)88)72-49(80)22-23-53(84)79-34-40-18-9-8-16-38(40)20-21-39-17-10-11-19-48(39)79/h2-19,35,41-47H,22-34H2,1H3,(H2,67,95)(H,68,82)(H,69,81)(H,70,96)(H,71,97)(H,72,80)(H,73,83)(H,74,98)(H,75,101)(H,76,99)(H,77,100)(H,78,102)(H,85,86)(H,87,88)(H,89,90)(H,91,92)(H,93,94). The lowest BCUT2D eigenvalue weighted by molar-refractivity contribution is -0.144. The maximum atomic E-state index is 14.1. The summed E-state index contributed by atoms with van der Waals surface area (Å²) >= 11 is 0. The molecular weight excluding hydrogens is 1340 g/mol. The Bertz CT molecular complexity index is 3920. The summed E-state index contributed by atoms with van der Waals surface area (Å²) in [6.45, 7) is -1.64. The molecule has 13 amide bonds. The summed E-state index contributed by atoms with van der Waals surface area (Å²) in [7, 11) is 0. The summed E-state index contributed by atoms with van der Waals surface area (Å²) in [6, 6.07) is 15.2. The van der Waals surface area contributed by atoms with Crippen LogP contribution in [0, 0.1) is 11.8 Å². The Morgan fingerprint density at radius 3 is 1.18 bits per heavy atom. The Labute approximate surface area is 579 Å². The molecule has 1 aliphatic heterocycles. The van der Waals surface area contributed by atoms with Gasteiger partial charge in [0.05, 0.1) is 64.0 Å². The Balaban J connectivity index is 1.15. The van der Waals surface area contributed by atoms with E-state index in [1.165, 1.54) is 11.8 Å². The van der Waals surface area contributed by atoms with Crippen LogP contribution in [-0.4, -0.2) is 200 Å². The first kappa shape index (κ1) is 79.6. The van der Waals surface area contributed by atoms with E-state index in [-0.39, 0.29) is 19.4 Å². The van der Waals surface area contributed by atoms with Gasteiger partial charge in [0.15, 0.2) is 0 Å². The number of para-hydroxylation sites is 1. The van der Waals surface area contributed by atoms with E-state index >= 15 is 0 Å². The minimum atomic E-state index is -2.26. The minimum Gasteiger partial charge on any atom is -0.481 e. The highest BCUT2D eigenvalue weighted by Crippen LogP contribution is 2.26. The molecule has 5 rings (SSSR count). The second-order valence-electron chi connectivity index (χ2n) is 22.7. The van der Waals surface area contributed by atoms with Crippen LogP contribution in [0.5, 0.6) is 0 Å². The van der Waals surface area contributed by atoms with E-state index in [0.717, 1.165) is 0 Å². The highest BCUT2D eigenvalue weighted by Gasteiger charge is 2.37. The quantitative estimate of drug-likeness (QED) is 0.0187. The lowest BCUT2D eigenvalue weighted by atomic mass is 10.0. The molecular formula is C66H73N13O23. The highest BCUT2D eigenvalue weighted by molar-refractivity contribution is 6.02. The molecule has 0 spiro atoms. The molecule has 0 aromatic heterocycles. The van der Waals surface area contributed by atoms with Crippen LogP contribution in [0.15, 0.2) is 109 Å². The molecule has 0 saturated heterocycles. The van der Waals surface area contributed by atoms with E-state index in [1.807, 2.05) is 37.2 Å². The van der Waals surface area contributed by atoms with Crippen LogP contribution in [0.1, 0.15) is 79.7 Å². The van der Waals surface area contributed by atoms with E-state index in [2.05, 4.69) is 33.1 Å². The van der Waals surface area contributed by atoms with Crippen molar-refractivity contribution in [1.29, 1.82) is 0 Å². The number of carbonyl (C=O) groups is 18. The zero-order chi connectivity index (χ0) is 75.2. The van der Waals surface area contributed by atoms with Crippen molar-refractivity contribution in [3.63, 3.8) is 0 Å². The van der Waals surface area contributed by atoms with Gasteiger partial charge < -0.3 is 94.7 Å².